The number of piperazine rings is 1. The Morgan fingerprint density at radius 3 is 1.93 bits per heavy atom. The quantitative estimate of drug-likeness (QED) is 0.600. The van der Waals surface area contributed by atoms with Gasteiger partial charge >= 0.3 is 6.03 Å². The van der Waals surface area contributed by atoms with Gasteiger partial charge in [0.1, 0.15) is 0 Å². The lowest BCUT2D eigenvalue weighted by atomic mass is 10.1. The summed E-state index contributed by atoms with van der Waals surface area (Å²) < 4.78 is 0. The molecule has 1 N–H and O–H groups in total. The Balaban J connectivity index is 1.25. The number of hydrogen-bond donors (Lipinski definition) is 1. The summed E-state index contributed by atoms with van der Waals surface area (Å²) in [6.45, 7) is 4.18. The predicted molar refractivity (Wildman–Crippen MR) is 124 cm³/mol. The molecule has 1 aliphatic rings. The van der Waals surface area contributed by atoms with Crippen LogP contribution in [0.4, 0.5) is 10.5 Å². The van der Waals surface area contributed by atoms with Crippen LogP contribution in [0.5, 0.6) is 0 Å². The van der Waals surface area contributed by atoms with Crippen molar-refractivity contribution < 1.29 is 4.79 Å². The van der Waals surface area contributed by atoms with Crippen LogP contribution < -0.4 is 5.32 Å². The van der Waals surface area contributed by atoms with Gasteiger partial charge in [0.15, 0.2) is 0 Å². The molecular weight excluding hydrogens is 370 g/mol. The lowest BCUT2D eigenvalue weighted by molar-refractivity contribution is 0.143. The minimum Gasteiger partial charge on any atom is -0.322 e. The van der Waals surface area contributed by atoms with Crippen LogP contribution in [0, 0.1) is 0 Å². The molecular formula is C26H27N3O. The molecule has 1 fully saturated rings. The molecule has 0 spiro atoms. The van der Waals surface area contributed by atoms with Gasteiger partial charge in [-0.1, -0.05) is 84.9 Å². The van der Waals surface area contributed by atoms with Gasteiger partial charge in [-0.2, -0.15) is 0 Å². The van der Waals surface area contributed by atoms with E-state index in [0.29, 0.717) is 0 Å². The van der Waals surface area contributed by atoms with Crippen LogP contribution in [-0.2, 0) is 6.54 Å². The molecule has 0 atom stereocenters. The summed E-state index contributed by atoms with van der Waals surface area (Å²) in [6.07, 6.45) is 4.28. The van der Waals surface area contributed by atoms with Gasteiger partial charge in [-0.3, -0.25) is 4.90 Å². The fraction of sp³-hybridized carbons (Fsp3) is 0.192. The third-order valence-corrected chi connectivity index (χ3v) is 5.34. The van der Waals surface area contributed by atoms with Crippen LogP contribution in [0.15, 0.2) is 84.9 Å². The molecule has 30 heavy (non-hydrogen) atoms. The number of carbonyl (C=O) groups is 1. The molecule has 152 valence electrons. The molecule has 3 aromatic rings. The molecule has 4 heteroatoms. The number of hydrogen-bond acceptors (Lipinski definition) is 2. The largest absolute Gasteiger partial charge is 0.322 e. The first-order chi connectivity index (χ1) is 14.8. The number of rotatable bonds is 5. The first kappa shape index (κ1) is 19.9. The predicted octanol–water partition coefficient (Wildman–Crippen LogP) is 5.21. The molecule has 0 unspecified atom stereocenters. The Kier molecular flexibility index (Phi) is 6.58. The van der Waals surface area contributed by atoms with Gasteiger partial charge in [0.25, 0.3) is 0 Å². The molecule has 1 aliphatic heterocycles. The molecule has 3 aromatic carbocycles. The van der Waals surface area contributed by atoms with Gasteiger partial charge in [0, 0.05) is 38.4 Å². The van der Waals surface area contributed by atoms with Crippen LogP contribution in [-0.4, -0.2) is 42.0 Å². The number of anilines is 1. The van der Waals surface area contributed by atoms with Gasteiger partial charge in [0.05, 0.1) is 0 Å². The Labute approximate surface area is 178 Å². The second-order valence-corrected chi connectivity index (χ2v) is 7.54. The molecule has 0 bridgehead atoms. The van der Waals surface area contributed by atoms with Crippen molar-refractivity contribution in [2.24, 2.45) is 0 Å². The highest BCUT2D eigenvalue weighted by molar-refractivity contribution is 5.89. The van der Waals surface area contributed by atoms with Gasteiger partial charge in [0.2, 0.25) is 0 Å². The summed E-state index contributed by atoms with van der Waals surface area (Å²) in [5.74, 6) is 0. The molecule has 1 heterocycles. The van der Waals surface area contributed by atoms with E-state index < -0.39 is 0 Å². The van der Waals surface area contributed by atoms with Crippen molar-refractivity contribution in [3.8, 4) is 0 Å². The van der Waals surface area contributed by atoms with E-state index in [0.717, 1.165) is 38.4 Å². The molecule has 4 rings (SSSR count). The van der Waals surface area contributed by atoms with E-state index in [-0.39, 0.29) is 6.03 Å². The van der Waals surface area contributed by atoms with E-state index >= 15 is 0 Å². The number of carbonyl (C=O) groups excluding carboxylic acids is 1. The Bertz CT molecular complexity index is 960. The van der Waals surface area contributed by atoms with Crippen molar-refractivity contribution in [3.63, 3.8) is 0 Å². The lowest BCUT2D eigenvalue weighted by Crippen LogP contribution is -2.49. The van der Waals surface area contributed by atoms with Gasteiger partial charge in [-0.25, -0.2) is 4.79 Å². The second kappa shape index (κ2) is 9.90. The van der Waals surface area contributed by atoms with Crippen LogP contribution in [0.2, 0.25) is 0 Å². The van der Waals surface area contributed by atoms with E-state index in [1.807, 2.05) is 53.4 Å². The van der Waals surface area contributed by atoms with E-state index in [1.54, 1.807) is 0 Å². The van der Waals surface area contributed by atoms with Crippen LogP contribution >= 0.6 is 0 Å². The second-order valence-electron chi connectivity index (χ2n) is 7.54. The topological polar surface area (TPSA) is 35.6 Å². The fourth-order valence-corrected chi connectivity index (χ4v) is 3.58. The number of amides is 2. The zero-order chi connectivity index (χ0) is 20.6. The van der Waals surface area contributed by atoms with Gasteiger partial charge in [-0.05, 0) is 28.8 Å². The van der Waals surface area contributed by atoms with Crippen molar-refractivity contribution in [2.45, 2.75) is 6.54 Å². The average molecular weight is 398 g/mol. The SMILES string of the molecule is O=C(Nc1ccccc1)N1CCN(Cc2ccc(C=Cc3ccccc3)cc2)CC1. The number of urea groups is 1. The Morgan fingerprint density at radius 2 is 1.30 bits per heavy atom. The standard InChI is InChI=1S/C26H27N3O/c30-26(27-25-9-5-2-6-10-25)29-19-17-28(18-20-29)21-24-15-13-23(14-16-24)12-11-22-7-3-1-4-8-22/h1-16H,17-21H2,(H,27,30). The summed E-state index contributed by atoms with van der Waals surface area (Å²) in [6, 6.07) is 28.6. The summed E-state index contributed by atoms with van der Waals surface area (Å²) in [5.41, 5.74) is 4.54. The minimum atomic E-state index is -0.0181. The normalized spacial score (nSPS) is 14.7. The Morgan fingerprint density at radius 1 is 0.733 bits per heavy atom. The third kappa shape index (κ3) is 5.58. The molecule has 0 aromatic heterocycles. The van der Waals surface area contributed by atoms with E-state index in [9.17, 15) is 4.79 Å². The molecule has 0 saturated carbocycles. The molecule has 0 aliphatic carbocycles. The van der Waals surface area contributed by atoms with Gasteiger partial charge in [-0.15, -0.1) is 0 Å². The number of nitrogens with zero attached hydrogens (tertiary/aromatic N) is 2. The van der Waals surface area contributed by atoms with E-state index in [2.05, 4.69) is 58.8 Å². The first-order valence-corrected chi connectivity index (χ1v) is 10.4. The number of nitrogens with one attached hydrogen (secondary N) is 1. The summed E-state index contributed by atoms with van der Waals surface area (Å²) in [7, 11) is 0. The highest BCUT2D eigenvalue weighted by Crippen LogP contribution is 2.14. The summed E-state index contributed by atoms with van der Waals surface area (Å²) in [4.78, 5) is 16.7. The average Bonchev–Trinajstić information content (AvgIpc) is 2.80. The minimum absolute atomic E-state index is 0.0181. The fourth-order valence-electron chi connectivity index (χ4n) is 3.58. The molecule has 4 nitrogen and oxygen atoms in total. The maximum atomic E-state index is 12.4. The van der Waals surface area contributed by atoms with E-state index in [1.165, 1.54) is 16.7 Å². The van der Waals surface area contributed by atoms with Crippen LogP contribution in [0.1, 0.15) is 16.7 Å². The first-order valence-electron chi connectivity index (χ1n) is 10.4. The number of para-hydroxylation sites is 1. The van der Waals surface area contributed by atoms with Crippen molar-refractivity contribution in [1.29, 1.82) is 0 Å². The smallest absolute Gasteiger partial charge is 0.321 e. The lowest BCUT2D eigenvalue weighted by Gasteiger charge is -2.34. The van der Waals surface area contributed by atoms with Crippen molar-refractivity contribution in [1.82, 2.24) is 9.80 Å². The zero-order valence-electron chi connectivity index (χ0n) is 17.1. The highest BCUT2D eigenvalue weighted by atomic mass is 16.2. The van der Waals surface area contributed by atoms with Crippen molar-refractivity contribution in [2.75, 3.05) is 31.5 Å². The van der Waals surface area contributed by atoms with Crippen LogP contribution in [0.3, 0.4) is 0 Å². The van der Waals surface area contributed by atoms with Gasteiger partial charge < -0.3 is 10.2 Å². The third-order valence-electron chi connectivity index (χ3n) is 5.34. The monoisotopic (exact) mass is 397 g/mol. The maximum Gasteiger partial charge on any atom is 0.321 e. The van der Waals surface area contributed by atoms with E-state index in [4.69, 9.17) is 0 Å². The zero-order valence-corrected chi connectivity index (χ0v) is 17.1. The van der Waals surface area contributed by atoms with Crippen molar-refractivity contribution in [3.05, 3.63) is 102 Å². The number of benzene rings is 3. The van der Waals surface area contributed by atoms with Crippen molar-refractivity contribution >= 4 is 23.9 Å². The Hall–Kier alpha value is -3.37. The summed E-state index contributed by atoms with van der Waals surface area (Å²) in [5, 5.41) is 2.97. The highest BCUT2D eigenvalue weighted by Gasteiger charge is 2.21. The maximum absolute atomic E-state index is 12.4. The molecule has 2 amide bonds. The van der Waals surface area contributed by atoms with Crippen LogP contribution in [0.25, 0.3) is 12.2 Å². The molecule has 1 saturated heterocycles. The molecule has 0 radical (unpaired) electrons. The summed E-state index contributed by atoms with van der Waals surface area (Å²) >= 11 is 0.